The molecule has 0 aliphatic heterocycles. The lowest BCUT2D eigenvalue weighted by Crippen LogP contribution is -2.26. The maximum Gasteiger partial charge on any atom is 0.230 e. The molecule has 0 heterocycles. The molecular weight excluding hydrogens is 294 g/mol. The third-order valence-electron chi connectivity index (χ3n) is 2.90. The minimum Gasteiger partial charge on any atom is -0.396 e. The van der Waals surface area contributed by atoms with Crippen molar-refractivity contribution in [3.05, 3.63) is 34.9 Å². The Bertz CT molecular complexity index is 415. The first kappa shape index (κ1) is 17.3. The van der Waals surface area contributed by atoms with Crippen molar-refractivity contribution in [3.63, 3.8) is 0 Å². The van der Waals surface area contributed by atoms with Gasteiger partial charge in [-0.3, -0.25) is 4.79 Å². The molecule has 0 saturated carbocycles. The van der Waals surface area contributed by atoms with E-state index in [0.29, 0.717) is 18.2 Å². The number of halogens is 1. The molecule has 1 aromatic rings. The highest BCUT2D eigenvalue weighted by Crippen LogP contribution is 2.16. The second kappa shape index (κ2) is 10.1. The Balaban J connectivity index is 2.08. The number of hydrogen-bond donors (Lipinski definition) is 2. The van der Waals surface area contributed by atoms with Crippen LogP contribution in [0.3, 0.4) is 0 Å². The average molecular weight is 316 g/mol. The first-order valence-corrected chi connectivity index (χ1v) is 8.35. The largest absolute Gasteiger partial charge is 0.396 e. The Morgan fingerprint density at radius 1 is 1.50 bits per heavy atom. The van der Waals surface area contributed by atoms with Crippen molar-refractivity contribution in [2.75, 3.05) is 18.9 Å². The van der Waals surface area contributed by atoms with Crippen molar-refractivity contribution in [2.45, 2.75) is 25.5 Å². The van der Waals surface area contributed by atoms with Crippen molar-refractivity contribution in [1.82, 2.24) is 5.32 Å². The van der Waals surface area contributed by atoms with Crippen LogP contribution in [0.15, 0.2) is 24.3 Å². The van der Waals surface area contributed by atoms with E-state index >= 15 is 0 Å². The van der Waals surface area contributed by atoms with Crippen LogP contribution < -0.4 is 5.32 Å². The number of benzene rings is 1. The van der Waals surface area contributed by atoms with Crippen molar-refractivity contribution < 1.29 is 9.90 Å². The van der Waals surface area contributed by atoms with Gasteiger partial charge >= 0.3 is 0 Å². The van der Waals surface area contributed by atoms with Gasteiger partial charge in [0.2, 0.25) is 5.91 Å². The zero-order valence-corrected chi connectivity index (χ0v) is 13.3. The first-order valence-electron chi connectivity index (χ1n) is 6.81. The molecule has 1 unspecified atom stereocenters. The second-order valence-corrected chi connectivity index (χ2v) is 6.32. The molecule has 1 atom stereocenters. The summed E-state index contributed by atoms with van der Waals surface area (Å²) >= 11 is 7.48. The Morgan fingerprint density at radius 3 is 3.00 bits per heavy atom. The fourth-order valence-corrected chi connectivity index (χ4v) is 2.73. The topological polar surface area (TPSA) is 49.3 Å². The average Bonchev–Trinajstić information content (AvgIpc) is 2.43. The van der Waals surface area contributed by atoms with Crippen LogP contribution >= 0.6 is 23.4 Å². The van der Waals surface area contributed by atoms with Gasteiger partial charge in [0.25, 0.3) is 0 Å². The third kappa shape index (κ3) is 7.78. The smallest absolute Gasteiger partial charge is 0.230 e. The number of carbonyl (C=O) groups is 1. The fraction of sp³-hybridized carbons (Fsp3) is 0.533. The van der Waals surface area contributed by atoms with Crippen molar-refractivity contribution in [1.29, 1.82) is 0 Å². The quantitative estimate of drug-likeness (QED) is 0.688. The summed E-state index contributed by atoms with van der Waals surface area (Å²) in [5.74, 6) is 1.62. The molecule has 5 heteroatoms. The maximum absolute atomic E-state index is 11.6. The molecule has 0 aliphatic rings. The molecule has 0 radical (unpaired) electrons. The summed E-state index contributed by atoms with van der Waals surface area (Å²) in [5.41, 5.74) is 1.13. The Morgan fingerprint density at radius 2 is 2.30 bits per heavy atom. The van der Waals surface area contributed by atoms with Gasteiger partial charge in [0.1, 0.15) is 0 Å². The Labute approximate surface area is 130 Å². The zero-order chi connectivity index (χ0) is 14.8. The lowest BCUT2D eigenvalue weighted by molar-refractivity contribution is -0.118. The summed E-state index contributed by atoms with van der Waals surface area (Å²) in [6.07, 6.45) is 1.85. The molecule has 0 aromatic heterocycles. The number of thioether (sulfide) groups is 1. The van der Waals surface area contributed by atoms with Crippen molar-refractivity contribution in [3.8, 4) is 0 Å². The van der Waals surface area contributed by atoms with E-state index in [-0.39, 0.29) is 12.5 Å². The van der Waals surface area contributed by atoms with E-state index in [1.54, 1.807) is 11.8 Å². The number of carbonyl (C=O) groups excluding carboxylic acids is 1. The fourth-order valence-electron chi connectivity index (χ4n) is 1.71. The summed E-state index contributed by atoms with van der Waals surface area (Å²) in [7, 11) is 0. The summed E-state index contributed by atoms with van der Waals surface area (Å²) in [6.45, 7) is 2.90. The minimum absolute atomic E-state index is 0.0636. The molecule has 1 aromatic carbocycles. The molecule has 0 saturated heterocycles. The minimum atomic E-state index is 0.0636. The lowest BCUT2D eigenvalue weighted by atomic mass is 10.1. The summed E-state index contributed by atoms with van der Waals surface area (Å²) < 4.78 is 0. The molecule has 0 bridgehead atoms. The zero-order valence-electron chi connectivity index (χ0n) is 11.8. The van der Waals surface area contributed by atoms with Gasteiger partial charge < -0.3 is 10.4 Å². The number of hydrogen-bond acceptors (Lipinski definition) is 3. The molecule has 0 fully saturated rings. The molecule has 3 nitrogen and oxygen atoms in total. The van der Waals surface area contributed by atoms with E-state index in [1.165, 1.54) is 0 Å². The van der Waals surface area contributed by atoms with Gasteiger partial charge in [0.05, 0.1) is 5.75 Å². The van der Waals surface area contributed by atoms with Gasteiger partial charge in [-0.2, -0.15) is 0 Å². The molecule has 112 valence electrons. The van der Waals surface area contributed by atoms with E-state index in [1.807, 2.05) is 31.2 Å². The van der Waals surface area contributed by atoms with Gasteiger partial charge in [-0.15, -0.1) is 11.8 Å². The van der Waals surface area contributed by atoms with Crippen LogP contribution in [0.5, 0.6) is 0 Å². The van der Waals surface area contributed by atoms with Gasteiger partial charge in [-0.1, -0.05) is 30.7 Å². The number of aliphatic hydroxyl groups excluding tert-OH is 1. The van der Waals surface area contributed by atoms with E-state index in [4.69, 9.17) is 16.7 Å². The van der Waals surface area contributed by atoms with Gasteiger partial charge in [0.15, 0.2) is 0 Å². The first-order chi connectivity index (χ1) is 9.61. The van der Waals surface area contributed by atoms with E-state index in [2.05, 4.69) is 5.32 Å². The van der Waals surface area contributed by atoms with Gasteiger partial charge in [-0.05, 0) is 36.5 Å². The molecule has 1 rings (SSSR count). The highest BCUT2D eigenvalue weighted by Gasteiger charge is 2.03. The second-order valence-electron chi connectivity index (χ2n) is 4.90. The van der Waals surface area contributed by atoms with Crippen LogP contribution in [0, 0.1) is 5.92 Å². The van der Waals surface area contributed by atoms with Gasteiger partial charge in [0, 0.05) is 23.9 Å². The number of aliphatic hydroxyl groups is 1. The monoisotopic (exact) mass is 315 g/mol. The van der Waals surface area contributed by atoms with Crippen molar-refractivity contribution in [2.24, 2.45) is 5.92 Å². The number of rotatable bonds is 9. The number of amides is 1. The van der Waals surface area contributed by atoms with Crippen LogP contribution in [-0.2, 0) is 10.5 Å². The lowest BCUT2D eigenvalue weighted by Gasteiger charge is -2.08. The highest BCUT2D eigenvalue weighted by molar-refractivity contribution is 7.99. The third-order valence-corrected chi connectivity index (χ3v) is 4.14. The SMILES string of the molecule is CC(CO)CCCNC(=O)CSCc1cccc(Cl)c1. The Kier molecular flexibility index (Phi) is 8.74. The number of nitrogens with one attached hydrogen (secondary N) is 1. The van der Waals surface area contributed by atoms with Gasteiger partial charge in [-0.25, -0.2) is 0 Å². The molecule has 2 N–H and O–H groups in total. The maximum atomic E-state index is 11.6. The normalized spacial score (nSPS) is 12.2. The Hall–Kier alpha value is -0.710. The van der Waals surface area contributed by atoms with Crippen molar-refractivity contribution >= 4 is 29.3 Å². The van der Waals surface area contributed by atoms with Crippen LogP contribution in [0.1, 0.15) is 25.3 Å². The molecule has 0 aliphatic carbocycles. The molecular formula is C15H22ClNO2S. The standard InChI is InChI=1S/C15H22ClNO2S/c1-12(9-18)4-3-7-17-15(19)11-20-10-13-5-2-6-14(16)8-13/h2,5-6,8,12,18H,3-4,7,9-11H2,1H3,(H,17,19). The van der Waals surface area contributed by atoms with Crippen LogP contribution in [0.4, 0.5) is 0 Å². The summed E-state index contributed by atoms with van der Waals surface area (Å²) in [5, 5.41) is 12.5. The van der Waals surface area contributed by atoms with Crippen LogP contribution in [0.2, 0.25) is 5.02 Å². The predicted octanol–water partition coefficient (Wildman–Crippen LogP) is 3.10. The summed E-state index contributed by atoms with van der Waals surface area (Å²) in [4.78, 5) is 11.6. The van der Waals surface area contributed by atoms with Crippen LogP contribution in [0.25, 0.3) is 0 Å². The molecule has 0 spiro atoms. The van der Waals surface area contributed by atoms with Crippen LogP contribution in [-0.4, -0.2) is 29.9 Å². The van der Waals surface area contributed by atoms with E-state index < -0.39 is 0 Å². The van der Waals surface area contributed by atoms with E-state index in [9.17, 15) is 4.79 Å². The summed E-state index contributed by atoms with van der Waals surface area (Å²) in [6, 6.07) is 7.69. The molecule has 20 heavy (non-hydrogen) atoms. The molecule has 1 amide bonds. The highest BCUT2D eigenvalue weighted by atomic mass is 35.5. The predicted molar refractivity (Wildman–Crippen MR) is 86.1 cm³/mol. The van der Waals surface area contributed by atoms with E-state index in [0.717, 1.165) is 29.2 Å².